The fourth-order valence-corrected chi connectivity index (χ4v) is 3.55. The van der Waals surface area contributed by atoms with Crippen LogP contribution in [0.15, 0.2) is 53.0 Å². The molecule has 20 heavy (non-hydrogen) atoms. The average molecular weight is 332 g/mol. The molecule has 0 amide bonds. The molecule has 0 radical (unpaired) electrons. The van der Waals surface area contributed by atoms with E-state index in [0.717, 1.165) is 18.4 Å². The second-order valence-electron chi connectivity index (χ2n) is 5.21. The highest BCUT2D eigenvalue weighted by molar-refractivity contribution is 9.10. The number of aliphatic hydroxyl groups is 1. The zero-order valence-electron chi connectivity index (χ0n) is 11.2. The van der Waals surface area contributed by atoms with Crippen molar-refractivity contribution in [3.05, 3.63) is 69.7 Å². The van der Waals surface area contributed by atoms with Gasteiger partial charge in [-0.2, -0.15) is 0 Å². The Morgan fingerprint density at radius 2 is 1.95 bits per heavy atom. The van der Waals surface area contributed by atoms with Crippen molar-refractivity contribution in [2.45, 2.75) is 24.9 Å². The number of hydrogen-bond donors (Lipinski definition) is 2. The molecule has 0 aromatic heterocycles. The van der Waals surface area contributed by atoms with E-state index in [-0.39, 0.29) is 12.6 Å². The third-order valence-corrected chi connectivity index (χ3v) is 4.74. The van der Waals surface area contributed by atoms with Gasteiger partial charge in [0.05, 0.1) is 12.6 Å². The van der Waals surface area contributed by atoms with E-state index in [1.807, 2.05) is 18.2 Å². The van der Waals surface area contributed by atoms with E-state index >= 15 is 0 Å². The highest BCUT2D eigenvalue weighted by atomic mass is 79.9. The first kappa shape index (κ1) is 13.8. The van der Waals surface area contributed by atoms with Crippen LogP contribution in [-0.2, 0) is 6.42 Å². The highest BCUT2D eigenvalue weighted by Crippen LogP contribution is 2.36. The molecule has 2 aromatic rings. The maximum absolute atomic E-state index is 9.67. The van der Waals surface area contributed by atoms with Crippen LogP contribution in [0.2, 0.25) is 0 Å². The molecule has 0 heterocycles. The lowest BCUT2D eigenvalue weighted by Gasteiger charge is -2.22. The molecule has 1 unspecified atom stereocenters. The minimum absolute atomic E-state index is 0.00821. The predicted octanol–water partition coefficient (Wildman–Crippen LogP) is 3.76. The Kier molecular flexibility index (Phi) is 4.20. The van der Waals surface area contributed by atoms with E-state index in [0.29, 0.717) is 6.04 Å². The Morgan fingerprint density at radius 3 is 2.70 bits per heavy atom. The number of aliphatic hydroxyl groups excluding tert-OH is 1. The van der Waals surface area contributed by atoms with Gasteiger partial charge in [0, 0.05) is 10.5 Å². The third kappa shape index (κ3) is 2.66. The molecule has 2 atom stereocenters. The van der Waals surface area contributed by atoms with Crippen LogP contribution < -0.4 is 5.32 Å². The van der Waals surface area contributed by atoms with Crippen LogP contribution in [0.3, 0.4) is 0 Å². The van der Waals surface area contributed by atoms with Crippen molar-refractivity contribution in [2.24, 2.45) is 0 Å². The number of fused-ring (bicyclic) bond motifs is 1. The van der Waals surface area contributed by atoms with Crippen LogP contribution in [0.5, 0.6) is 0 Å². The summed E-state index contributed by atoms with van der Waals surface area (Å²) in [5.41, 5.74) is 3.89. The van der Waals surface area contributed by atoms with Crippen molar-refractivity contribution in [1.82, 2.24) is 5.32 Å². The molecule has 2 nitrogen and oxygen atoms in total. The predicted molar refractivity (Wildman–Crippen MR) is 84.6 cm³/mol. The molecule has 0 fully saturated rings. The third-order valence-electron chi connectivity index (χ3n) is 4.00. The van der Waals surface area contributed by atoms with Gasteiger partial charge >= 0.3 is 0 Å². The van der Waals surface area contributed by atoms with Crippen molar-refractivity contribution < 1.29 is 5.11 Å². The Labute approximate surface area is 128 Å². The van der Waals surface area contributed by atoms with Gasteiger partial charge in [0.25, 0.3) is 0 Å². The monoisotopic (exact) mass is 331 g/mol. The molecule has 0 saturated carbocycles. The maximum Gasteiger partial charge on any atom is 0.0626 e. The minimum atomic E-state index is -0.00821. The van der Waals surface area contributed by atoms with Gasteiger partial charge in [-0.3, -0.25) is 0 Å². The number of nitrogens with one attached hydrogen (secondary N) is 1. The average Bonchev–Trinajstić information content (AvgIpc) is 2.90. The fraction of sp³-hybridized carbons (Fsp3) is 0.294. The number of rotatable bonds is 4. The van der Waals surface area contributed by atoms with Crippen molar-refractivity contribution in [2.75, 3.05) is 6.61 Å². The molecule has 2 aromatic carbocycles. The molecule has 0 saturated heterocycles. The fourth-order valence-electron chi connectivity index (χ4n) is 2.97. The zero-order valence-corrected chi connectivity index (χ0v) is 12.8. The van der Waals surface area contributed by atoms with Crippen molar-refractivity contribution in [3.8, 4) is 0 Å². The summed E-state index contributed by atoms with van der Waals surface area (Å²) in [6.45, 7) is 0.115. The molecule has 3 heteroatoms. The van der Waals surface area contributed by atoms with Gasteiger partial charge in [0.2, 0.25) is 0 Å². The van der Waals surface area contributed by atoms with Crippen LogP contribution in [0.4, 0.5) is 0 Å². The standard InChI is InChI=1S/C17H18BrNO/c18-15-8-4-7-14-13(15)9-10-16(14)19-17(11-20)12-5-2-1-3-6-12/h1-8,16-17,19-20H,9-11H2/t16?,17-/m1/s1. The molecule has 3 rings (SSSR count). The Bertz CT molecular complexity index is 585. The summed E-state index contributed by atoms with van der Waals surface area (Å²) in [6.07, 6.45) is 2.17. The number of halogens is 1. The molecule has 1 aliphatic rings. The quantitative estimate of drug-likeness (QED) is 0.894. The van der Waals surface area contributed by atoms with Gasteiger partial charge in [-0.1, -0.05) is 58.4 Å². The Morgan fingerprint density at radius 1 is 1.15 bits per heavy atom. The van der Waals surface area contributed by atoms with Gasteiger partial charge in [-0.15, -0.1) is 0 Å². The van der Waals surface area contributed by atoms with E-state index < -0.39 is 0 Å². The topological polar surface area (TPSA) is 32.3 Å². The van der Waals surface area contributed by atoms with E-state index in [2.05, 4.69) is 51.6 Å². The van der Waals surface area contributed by atoms with E-state index in [4.69, 9.17) is 0 Å². The van der Waals surface area contributed by atoms with Gasteiger partial charge < -0.3 is 10.4 Å². The van der Waals surface area contributed by atoms with Crippen molar-refractivity contribution in [1.29, 1.82) is 0 Å². The van der Waals surface area contributed by atoms with Gasteiger partial charge in [0.1, 0.15) is 0 Å². The Balaban J connectivity index is 1.81. The summed E-state index contributed by atoms with van der Waals surface area (Å²) >= 11 is 3.63. The summed E-state index contributed by atoms with van der Waals surface area (Å²) in [5.74, 6) is 0. The van der Waals surface area contributed by atoms with Crippen LogP contribution in [-0.4, -0.2) is 11.7 Å². The summed E-state index contributed by atoms with van der Waals surface area (Å²) in [7, 11) is 0. The van der Waals surface area contributed by atoms with Crippen LogP contribution in [0.25, 0.3) is 0 Å². The first-order valence-electron chi connectivity index (χ1n) is 6.98. The van der Waals surface area contributed by atoms with Crippen molar-refractivity contribution >= 4 is 15.9 Å². The van der Waals surface area contributed by atoms with Gasteiger partial charge in [-0.05, 0) is 35.6 Å². The second kappa shape index (κ2) is 6.08. The maximum atomic E-state index is 9.67. The van der Waals surface area contributed by atoms with Crippen LogP contribution >= 0.6 is 15.9 Å². The first-order valence-corrected chi connectivity index (χ1v) is 7.78. The van der Waals surface area contributed by atoms with E-state index in [1.54, 1.807) is 0 Å². The smallest absolute Gasteiger partial charge is 0.0626 e. The largest absolute Gasteiger partial charge is 0.394 e. The highest BCUT2D eigenvalue weighted by Gasteiger charge is 2.26. The summed E-state index contributed by atoms with van der Waals surface area (Å²) in [4.78, 5) is 0. The molecule has 0 aliphatic heterocycles. The van der Waals surface area contributed by atoms with Crippen LogP contribution in [0.1, 0.15) is 35.2 Å². The first-order chi connectivity index (χ1) is 9.79. The molecule has 2 N–H and O–H groups in total. The Hall–Kier alpha value is -1.16. The number of benzene rings is 2. The lowest BCUT2D eigenvalue weighted by Crippen LogP contribution is -2.27. The molecular formula is C17H18BrNO. The second-order valence-corrected chi connectivity index (χ2v) is 6.07. The van der Waals surface area contributed by atoms with Crippen LogP contribution in [0, 0.1) is 0 Å². The molecule has 0 bridgehead atoms. The van der Waals surface area contributed by atoms with E-state index in [9.17, 15) is 5.11 Å². The summed E-state index contributed by atoms with van der Waals surface area (Å²) in [6, 6.07) is 16.8. The zero-order chi connectivity index (χ0) is 13.9. The lowest BCUT2D eigenvalue weighted by atomic mass is 10.0. The SMILES string of the molecule is OC[C@@H](NC1CCc2c(Br)cccc21)c1ccccc1. The van der Waals surface area contributed by atoms with Gasteiger partial charge in [0.15, 0.2) is 0 Å². The lowest BCUT2D eigenvalue weighted by molar-refractivity contribution is 0.233. The summed E-state index contributed by atoms with van der Waals surface area (Å²) < 4.78 is 1.19. The normalized spacial score (nSPS) is 18.8. The summed E-state index contributed by atoms with van der Waals surface area (Å²) in [5, 5.41) is 13.3. The number of hydrogen-bond acceptors (Lipinski definition) is 2. The van der Waals surface area contributed by atoms with E-state index in [1.165, 1.54) is 15.6 Å². The molecular weight excluding hydrogens is 314 g/mol. The molecule has 1 aliphatic carbocycles. The van der Waals surface area contributed by atoms with Crippen molar-refractivity contribution in [3.63, 3.8) is 0 Å². The van der Waals surface area contributed by atoms with Gasteiger partial charge in [-0.25, -0.2) is 0 Å². The minimum Gasteiger partial charge on any atom is -0.394 e. The molecule has 104 valence electrons. The molecule has 0 spiro atoms.